The molecule has 0 aliphatic heterocycles. The van der Waals surface area contributed by atoms with Gasteiger partial charge in [0.1, 0.15) is 0 Å². The second-order valence-corrected chi connectivity index (χ2v) is 6.30. The molecule has 0 heterocycles. The minimum absolute atomic E-state index is 0.224. The van der Waals surface area contributed by atoms with Crippen LogP contribution in [0.25, 0.3) is 0 Å². The normalized spacial score (nSPS) is 14.5. The Hall–Kier alpha value is -0.220. The predicted molar refractivity (Wildman–Crippen MR) is 80.6 cm³/mol. The van der Waals surface area contributed by atoms with Crippen molar-refractivity contribution < 1.29 is 5.11 Å². The lowest BCUT2D eigenvalue weighted by molar-refractivity contribution is 0.289. The summed E-state index contributed by atoms with van der Waals surface area (Å²) >= 11 is 8.02. The van der Waals surface area contributed by atoms with Crippen molar-refractivity contribution >= 4 is 23.4 Å². The van der Waals surface area contributed by atoms with Crippen molar-refractivity contribution in [3.05, 3.63) is 28.8 Å². The molecule has 4 heteroatoms. The minimum atomic E-state index is 0.224. The summed E-state index contributed by atoms with van der Waals surface area (Å²) in [6.45, 7) is 7.51. The van der Waals surface area contributed by atoms with Crippen molar-refractivity contribution in [2.75, 3.05) is 13.2 Å². The third-order valence-electron chi connectivity index (χ3n) is 2.83. The van der Waals surface area contributed by atoms with Crippen LogP contribution in [0.5, 0.6) is 0 Å². The molecule has 0 bridgehead atoms. The summed E-state index contributed by atoms with van der Waals surface area (Å²) < 4.78 is 0. The van der Waals surface area contributed by atoms with Crippen LogP contribution in [0.15, 0.2) is 23.1 Å². The third kappa shape index (κ3) is 4.81. The van der Waals surface area contributed by atoms with E-state index in [2.05, 4.69) is 38.2 Å². The maximum atomic E-state index is 8.91. The van der Waals surface area contributed by atoms with Crippen molar-refractivity contribution in [3.8, 4) is 0 Å². The van der Waals surface area contributed by atoms with E-state index in [0.717, 1.165) is 22.9 Å². The molecule has 2 atom stereocenters. The maximum Gasteiger partial charge on any atom is 0.0545 e. The van der Waals surface area contributed by atoms with Gasteiger partial charge in [0.2, 0.25) is 0 Å². The quantitative estimate of drug-likeness (QED) is 0.747. The molecule has 0 amide bonds. The van der Waals surface area contributed by atoms with Gasteiger partial charge in [0.25, 0.3) is 0 Å². The second-order valence-electron chi connectivity index (χ2n) is 4.41. The Morgan fingerprint density at radius 3 is 2.67 bits per heavy atom. The van der Waals surface area contributed by atoms with Crippen LogP contribution in [0.1, 0.15) is 38.8 Å². The Labute approximate surface area is 119 Å². The largest absolute Gasteiger partial charge is 0.396 e. The van der Waals surface area contributed by atoms with Gasteiger partial charge in [-0.3, -0.25) is 0 Å². The first kappa shape index (κ1) is 15.8. The Kier molecular flexibility index (Phi) is 7.08. The first-order valence-electron chi connectivity index (χ1n) is 6.38. The molecule has 0 aliphatic rings. The van der Waals surface area contributed by atoms with Gasteiger partial charge < -0.3 is 10.4 Å². The number of rotatable bonds is 7. The molecule has 1 aromatic rings. The van der Waals surface area contributed by atoms with Crippen molar-refractivity contribution in [1.82, 2.24) is 5.32 Å². The van der Waals surface area contributed by atoms with Gasteiger partial charge >= 0.3 is 0 Å². The van der Waals surface area contributed by atoms with E-state index in [-0.39, 0.29) is 6.61 Å². The van der Waals surface area contributed by atoms with E-state index in [0.29, 0.717) is 11.3 Å². The summed E-state index contributed by atoms with van der Waals surface area (Å²) in [5.74, 6) is 0. The molecule has 2 unspecified atom stereocenters. The van der Waals surface area contributed by atoms with Crippen molar-refractivity contribution in [2.45, 2.75) is 43.4 Å². The lowest BCUT2D eigenvalue weighted by Gasteiger charge is -2.15. The number of hydrogen-bond acceptors (Lipinski definition) is 3. The predicted octanol–water partition coefficient (Wildman–Crippen LogP) is 3.87. The van der Waals surface area contributed by atoms with E-state index in [1.807, 2.05) is 6.07 Å². The molecular weight excluding hydrogens is 266 g/mol. The van der Waals surface area contributed by atoms with Gasteiger partial charge in [-0.05, 0) is 37.6 Å². The zero-order valence-electron chi connectivity index (χ0n) is 11.2. The van der Waals surface area contributed by atoms with Gasteiger partial charge in [-0.25, -0.2) is 0 Å². The highest BCUT2D eigenvalue weighted by Crippen LogP contribution is 2.33. The van der Waals surface area contributed by atoms with Crippen molar-refractivity contribution in [3.63, 3.8) is 0 Å². The smallest absolute Gasteiger partial charge is 0.0545 e. The summed E-state index contributed by atoms with van der Waals surface area (Å²) in [4.78, 5) is 1.09. The molecule has 1 aromatic carbocycles. The number of aliphatic hydroxyl groups is 1. The number of benzene rings is 1. The number of hydrogen-bond donors (Lipinski definition) is 2. The average Bonchev–Trinajstić information content (AvgIpc) is 2.32. The molecule has 0 spiro atoms. The van der Waals surface area contributed by atoms with Gasteiger partial charge in [0, 0.05) is 22.8 Å². The number of nitrogens with one attached hydrogen (secondary N) is 1. The van der Waals surface area contributed by atoms with Crippen LogP contribution in [-0.2, 0) is 0 Å². The van der Waals surface area contributed by atoms with Crippen LogP contribution in [0.3, 0.4) is 0 Å². The van der Waals surface area contributed by atoms with Gasteiger partial charge in [-0.15, -0.1) is 11.8 Å². The van der Waals surface area contributed by atoms with E-state index in [9.17, 15) is 0 Å². The van der Waals surface area contributed by atoms with E-state index in [1.165, 1.54) is 5.56 Å². The third-order valence-corrected chi connectivity index (χ3v) is 4.50. The molecule has 0 saturated heterocycles. The fourth-order valence-electron chi connectivity index (χ4n) is 1.76. The molecule has 0 radical (unpaired) electrons. The van der Waals surface area contributed by atoms with Crippen LogP contribution in [-0.4, -0.2) is 23.5 Å². The summed E-state index contributed by atoms with van der Waals surface area (Å²) in [6, 6.07) is 6.54. The molecule has 0 aliphatic carbocycles. The van der Waals surface area contributed by atoms with Crippen LogP contribution < -0.4 is 5.32 Å². The number of aliphatic hydroxyl groups excluding tert-OH is 1. The Balaban J connectivity index is 2.73. The lowest BCUT2D eigenvalue weighted by atomic mass is 10.1. The van der Waals surface area contributed by atoms with E-state index < -0.39 is 0 Å². The molecule has 2 N–H and O–H groups in total. The molecule has 1 rings (SSSR count). The monoisotopic (exact) mass is 287 g/mol. The molecule has 102 valence electrons. The highest BCUT2D eigenvalue weighted by Gasteiger charge is 2.10. The summed E-state index contributed by atoms with van der Waals surface area (Å²) in [5.41, 5.74) is 1.21. The minimum Gasteiger partial charge on any atom is -0.396 e. The van der Waals surface area contributed by atoms with Gasteiger partial charge in [-0.2, -0.15) is 0 Å². The van der Waals surface area contributed by atoms with Crippen LogP contribution in [0, 0.1) is 0 Å². The topological polar surface area (TPSA) is 32.3 Å². The second kappa shape index (κ2) is 8.05. The molecule has 0 aromatic heterocycles. The molecule has 18 heavy (non-hydrogen) atoms. The fourth-order valence-corrected chi connectivity index (χ4v) is 3.06. The summed E-state index contributed by atoms with van der Waals surface area (Å²) in [7, 11) is 0. The van der Waals surface area contributed by atoms with Crippen LogP contribution in [0.4, 0.5) is 0 Å². The summed E-state index contributed by atoms with van der Waals surface area (Å²) in [6.07, 6.45) is 0.788. The van der Waals surface area contributed by atoms with Crippen molar-refractivity contribution in [1.29, 1.82) is 0 Å². The van der Waals surface area contributed by atoms with E-state index >= 15 is 0 Å². The highest BCUT2D eigenvalue weighted by atomic mass is 35.5. The Morgan fingerprint density at radius 2 is 2.11 bits per heavy atom. The van der Waals surface area contributed by atoms with Gasteiger partial charge in [-0.1, -0.05) is 31.5 Å². The van der Waals surface area contributed by atoms with E-state index in [4.69, 9.17) is 16.7 Å². The summed E-state index contributed by atoms with van der Waals surface area (Å²) in [5, 5.41) is 13.5. The molecule has 2 nitrogen and oxygen atoms in total. The maximum absolute atomic E-state index is 8.91. The molecule has 0 fully saturated rings. The number of halogens is 1. The van der Waals surface area contributed by atoms with Gasteiger partial charge in [0.05, 0.1) is 5.02 Å². The number of thioether (sulfide) groups is 1. The average molecular weight is 288 g/mol. The Morgan fingerprint density at radius 1 is 1.39 bits per heavy atom. The first-order chi connectivity index (χ1) is 8.58. The zero-order chi connectivity index (χ0) is 13.5. The highest BCUT2D eigenvalue weighted by molar-refractivity contribution is 8.00. The van der Waals surface area contributed by atoms with Gasteiger partial charge in [0.15, 0.2) is 0 Å². The van der Waals surface area contributed by atoms with Crippen LogP contribution >= 0.6 is 23.4 Å². The standard InChI is InChI=1S/C14H22ClNOS/c1-4-16-11(3)12-5-6-14(13(15)9-12)18-10(2)7-8-17/h5-6,9-11,16-17H,4,7-8H2,1-3H3. The van der Waals surface area contributed by atoms with Crippen LogP contribution in [0.2, 0.25) is 5.02 Å². The van der Waals surface area contributed by atoms with Crippen molar-refractivity contribution in [2.24, 2.45) is 0 Å². The first-order valence-corrected chi connectivity index (χ1v) is 7.64. The molecule has 0 saturated carbocycles. The lowest BCUT2D eigenvalue weighted by Crippen LogP contribution is -2.17. The Bertz CT molecular complexity index is 373. The van der Waals surface area contributed by atoms with E-state index in [1.54, 1.807) is 11.8 Å². The fraction of sp³-hybridized carbons (Fsp3) is 0.571. The zero-order valence-corrected chi connectivity index (χ0v) is 12.8. The molecular formula is C14H22ClNOS. The SMILES string of the molecule is CCNC(C)c1ccc(SC(C)CCO)c(Cl)c1.